The van der Waals surface area contributed by atoms with Crippen LogP contribution >= 0.6 is 23.2 Å². The Kier molecular flexibility index (Phi) is 4.58. The van der Waals surface area contributed by atoms with E-state index in [9.17, 15) is 8.42 Å². The number of nitrogens with two attached hydrogens (primary N) is 1. The Balaban J connectivity index is 2.16. The van der Waals surface area contributed by atoms with Crippen molar-refractivity contribution >= 4 is 33.2 Å². The third kappa shape index (κ3) is 3.73. The molecule has 1 fully saturated rings. The number of sulfonamides is 1. The first kappa shape index (κ1) is 14.9. The van der Waals surface area contributed by atoms with E-state index >= 15 is 0 Å². The van der Waals surface area contributed by atoms with Crippen molar-refractivity contribution in [3.63, 3.8) is 0 Å². The molecule has 0 aromatic heterocycles. The van der Waals surface area contributed by atoms with Gasteiger partial charge in [0.05, 0.1) is 23.3 Å². The van der Waals surface area contributed by atoms with E-state index in [1.54, 1.807) is 0 Å². The second-order valence-electron chi connectivity index (χ2n) is 4.30. The summed E-state index contributed by atoms with van der Waals surface area (Å²) in [5, 5.41) is 5.17. The lowest BCUT2D eigenvalue weighted by molar-refractivity contribution is 0.167. The molecule has 2 rings (SSSR count). The van der Waals surface area contributed by atoms with Gasteiger partial charge in [0, 0.05) is 18.6 Å². The van der Waals surface area contributed by atoms with Crippen molar-refractivity contribution in [2.45, 2.75) is 11.3 Å². The van der Waals surface area contributed by atoms with Crippen LogP contribution in [-0.4, -0.2) is 28.2 Å². The molecule has 0 saturated carbocycles. The molecule has 1 aliphatic heterocycles. The molecule has 0 spiro atoms. The Hall–Kier alpha value is -0.530. The van der Waals surface area contributed by atoms with Crippen LogP contribution in [0.4, 0.5) is 0 Å². The standard InChI is InChI=1S/C11H13Cl2NO4S/c12-8-4-11(19(14,15)16)9(13)3-10(8)18-6-7-1-2-17-5-7/h3-4,7H,1-2,5-6H2,(H2,14,15,16). The van der Waals surface area contributed by atoms with Gasteiger partial charge in [0.2, 0.25) is 10.0 Å². The van der Waals surface area contributed by atoms with Gasteiger partial charge in [-0.2, -0.15) is 0 Å². The summed E-state index contributed by atoms with van der Waals surface area (Å²) in [6.07, 6.45) is 0.931. The molecule has 106 valence electrons. The fraction of sp³-hybridized carbons (Fsp3) is 0.455. The number of ether oxygens (including phenoxy) is 2. The van der Waals surface area contributed by atoms with Gasteiger partial charge < -0.3 is 9.47 Å². The second-order valence-corrected chi connectivity index (χ2v) is 6.64. The highest BCUT2D eigenvalue weighted by molar-refractivity contribution is 7.89. The minimum atomic E-state index is -3.90. The zero-order chi connectivity index (χ0) is 14.0. The van der Waals surface area contributed by atoms with Gasteiger partial charge in [-0.25, -0.2) is 13.6 Å². The fourth-order valence-electron chi connectivity index (χ4n) is 1.76. The Labute approximate surface area is 121 Å². The highest BCUT2D eigenvalue weighted by Gasteiger charge is 2.19. The molecular weight excluding hydrogens is 313 g/mol. The van der Waals surface area contributed by atoms with Crippen LogP contribution in [0.2, 0.25) is 10.0 Å². The van der Waals surface area contributed by atoms with Crippen molar-refractivity contribution in [3.05, 3.63) is 22.2 Å². The summed E-state index contributed by atoms with van der Waals surface area (Å²) in [5.74, 6) is 0.652. The molecule has 1 unspecified atom stereocenters. The van der Waals surface area contributed by atoms with Crippen molar-refractivity contribution < 1.29 is 17.9 Å². The van der Waals surface area contributed by atoms with Crippen LogP contribution in [0, 0.1) is 5.92 Å². The van der Waals surface area contributed by atoms with Crippen LogP contribution in [0.15, 0.2) is 17.0 Å². The predicted molar refractivity (Wildman–Crippen MR) is 72.3 cm³/mol. The van der Waals surface area contributed by atoms with Crippen LogP contribution < -0.4 is 9.88 Å². The molecule has 1 aliphatic rings. The molecule has 1 aromatic carbocycles. The summed E-state index contributed by atoms with van der Waals surface area (Å²) in [7, 11) is -3.90. The van der Waals surface area contributed by atoms with Gasteiger partial charge in [-0.05, 0) is 12.5 Å². The maximum absolute atomic E-state index is 11.3. The molecule has 1 aromatic rings. The summed E-state index contributed by atoms with van der Waals surface area (Å²) in [6.45, 7) is 1.83. The van der Waals surface area contributed by atoms with E-state index in [1.165, 1.54) is 12.1 Å². The summed E-state index contributed by atoms with van der Waals surface area (Å²) in [5.41, 5.74) is 0. The molecule has 8 heteroatoms. The van der Waals surface area contributed by atoms with Gasteiger partial charge in [-0.3, -0.25) is 0 Å². The van der Waals surface area contributed by atoms with Crippen molar-refractivity contribution in [2.75, 3.05) is 19.8 Å². The van der Waals surface area contributed by atoms with Crippen LogP contribution in [0.3, 0.4) is 0 Å². The molecule has 1 heterocycles. The average molecular weight is 326 g/mol. The van der Waals surface area contributed by atoms with E-state index in [4.69, 9.17) is 37.8 Å². The number of rotatable bonds is 4. The highest BCUT2D eigenvalue weighted by atomic mass is 35.5. The third-order valence-electron chi connectivity index (χ3n) is 2.79. The van der Waals surface area contributed by atoms with E-state index in [-0.39, 0.29) is 14.9 Å². The van der Waals surface area contributed by atoms with Crippen molar-refractivity contribution in [3.8, 4) is 5.75 Å². The number of hydrogen-bond acceptors (Lipinski definition) is 4. The summed E-state index contributed by atoms with van der Waals surface area (Å²) in [4.78, 5) is -0.212. The largest absolute Gasteiger partial charge is 0.492 e. The van der Waals surface area contributed by atoms with Gasteiger partial charge in [0.1, 0.15) is 10.6 Å². The molecule has 1 atom stereocenters. The minimum absolute atomic E-state index is 0.00966. The van der Waals surface area contributed by atoms with Crippen LogP contribution in [-0.2, 0) is 14.8 Å². The first-order chi connectivity index (χ1) is 8.88. The average Bonchev–Trinajstić information content (AvgIpc) is 2.81. The maximum Gasteiger partial charge on any atom is 0.239 e. The van der Waals surface area contributed by atoms with Crippen molar-refractivity contribution in [1.82, 2.24) is 0 Å². The van der Waals surface area contributed by atoms with E-state index < -0.39 is 10.0 Å². The summed E-state index contributed by atoms with van der Waals surface area (Å²) in [6, 6.07) is 2.55. The lowest BCUT2D eigenvalue weighted by atomic mass is 10.1. The number of hydrogen-bond donors (Lipinski definition) is 1. The highest BCUT2D eigenvalue weighted by Crippen LogP contribution is 2.33. The molecule has 0 radical (unpaired) electrons. The van der Waals surface area contributed by atoms with Crippen LogP contribution in [0.1, 0.15) is 6.42 Å². The quantitative estimate of drug-likeness (QED) is 0.918. The maximum atomic E-state index is 11.3. The van der Waals surface area contributed by atoms with Crippen LogP contribution in [0.25, 0.3) is 0 Å². The zero-order valence-corrected chi connectivity index (χ0v) is 12.3. The number of benzene rings is 1. The monoisotopic (exact) mass is 325 g/mol. The van der Waals surface area contributed by atoms with Crippen molar-refractivity contribution in [1.29, 1.82) is 0 Å². The number of halogens is 2. The fourth-order valence-corrected chi connectivity index (χ4v) is 3.13. The Morgan fingerprint density at radius 3 is 2.68 bits per heavy atom. The topological polar surface area (TPSA) is 78.6 Å². The summed E-state index contributed by atoms with van der Waals surface area (Å²) >= 11 is 11.8. The van der Waals surface area contributed by atoms with E-state index in [0.717, 1.165) is 13.0 Å². The lowest BCUT2D eigenvalue weighted by Crippen LogP contribution is -2.14. The number of primary sulfonamides is 1. The molecule has 0 bridgehead atoms. The Bertz CT molecular complexity index is 570. The molecule has 2 N–H and O–H groups in total. The van der Waals surface area contributed by atoms with Crippen LogP contribution in [0.5, 0.6) is 5.75 Å². The Morgan fingerprint density at radius 1 is 1.37 bits per heavy atom. The smallest absolute Gasteiger partial charge is 0.239 e. The second kappa shape index (κ2) is 5.85. The minimum Gasteiger partial charge on any atom is -0.492 e. The normalized spacial score (nSPS) is 19.6. The molecule has 1 saturated heterocycles. The Morgan fingerprint density at radius 2 is 2.11 bits per heavy atom. The first-order valence-electron chi connectivity index (χ1n) is 5.60. The van der Waals surface area contributed by atoms with Crippen molar-refractivity contribution in [2.24, 2.45) is 11.1 Å². The van der Waals surface area contributed by atoms with E-state index in [0.29, 0.717) is 24.9 Å². The summed E-state index contributed by atoms with van der Waals surface area (Å²) < 4.78 is 33.3. The van der Waals surface area contributed by atoms with Gasteiger partial charge in [0.25, 0.3) is 0 Å². The van der Waals surface area contributed by atoms with Gasteiger partial charge >= 0.3 is 0 Å². The van der Waals surface area contributed by atoms with E-state index in [1.807, 2.05) is 0 Å². The molecule has 5 nitrogen and oxygen atoms in total. The predicted octanol–water partition coefficient (Wildman–Crippen LogP) is 2.06. The van der Waals surface area contributed by atoms with Gasteiger partial charge in [-0.15, -0.1) is 0 Å². The molecule has 0 amide bonds. The van der Waals surface area contributed by atoms with Gasteiger partial charge in [-0.1, -0.05) is 23.2 Å². The van der Waals surface area contributed by atoms with Gasteiger partial charge in [0.15, 0.2) is 0 Å². The third-order valence-corrected chi connectivity index (χ3v) is 4.46. The molecular formula is C11H13Cl2NO4S. The van der Waals surface area contributed by atoms with E-state index in [2.05, 4.69) is 0 Å². The molecule has 0 aliphatic carbocycles. The molecule has 19 heavy (non-hydrogen) atoms. The lowest BCUT2D eigenvalue weighted by Gasteiger charge is -2.13. The first-order valence-corrected chi connectivity index (χ1v) is 7.90. The zero-order valence-electron chi connectivity index (χ0n) is 9.93. The SMILES string of the molecule is NS(=O)(=O)c1cc(Cl)c(OCC2CCOC2)cc1Cl.